The molecule has 0 fully saturated rings. The zero-order valence-corrected chi connectivity index (χ0v) is 12.8. The molecule has 0 amide bonds. The van der Waals surface area contributed by atoms with Crippen LogP contribution in [-0.2, 0) is 0 Å². The van der Waals surface area contributed by atoms with E-state index in [1.54, 1.807) is 0 Å². The van der Waals surface area contributed by atoms with Crippen LogP contribution in [0.5, 0.6) is 5.75 Å². The SMILES string of the molecule is Cc1cc(Cl)cc(C(N)c2ccc(OC(C)C)cc2)c1. The van der Waals surface area contributed by atoms with Crippen molar-refractivity contribution >= 4 is 11.6 Å². The molecule has 20 heavy (non-hydrogen) atoms. The lowest BCUT2D eigenvalue weighted by Crippen LogP contribution is -2.12. The number of aryl methyl sites for hydroxylation is 1. The smallest absolute Gasteiger partial charge is 0.119 e. The fourth-order valence-electron chi connectivity index (χ4n) is 2.16. The van der Waals surface area contributed by atoms with Crippen LogP contribution in [0.25, 0.3) is 0 Å². The lowest BCUT2D eigenvalue weighted by atomic mass is 9.98. The maximum Gasteiger partial charge on any atom is 0.119 e. The van der Waals surface area contributed by atoms with E-state index >= 15 is 0 Å². The predicted octanol–water partition coefficient (Wildman–Crippen LogP) is 4.48. The molecule has 3 heteroatoms. The fourth-order valence-corrected chi connectivity index (χ4v) is 2.46. The minimum absolute atomic E-state index is 0.171. The van der Waals surface area contributed by atoms with Gasteiger partial charge in [0, 0.05) is 5.02 Å². The zero-order valence-electron chi connectivity index (χ0n) is 12.1. The van der Waals surface area contributed by atoms with Crippen molar-refractivity contribution in [2.45, 2.75) is 32.9 Å². The second-order valence-corrected chi connectivity index (χ2v) is 5.71. The second-order valence-electron chi connectivity index (χ2n) is 5.28. The molecule has 0 radical (unpaired) electrons. The van der Waals surface area contributed by atoms with Crippen molar-refractivity contribution in [2.75, 3.05) is 0 Å². The zero-order chi connectivity index (χ0) is 14.7. The van der Waals surface area contributed by atoms with Crippen LogP contribution in [0, 0.1) is 6.92 Å². The number of rotatable bonds is 4. The van der Waals surface area contributed by atoms with E-state index in [0.717, 1.165) is 27.5 Å². The Kier molecular flexibility index (Phi) is 4.69. The van der Waals surface area contributed by atoms with Gasteiger partial charge in [0.1, 0.15) is 5.75 Å². The van der Waals surface area contributed by atoms with E-state index in [0.29, 0.717) is 0 Å². The minimum atomic E-state index is -0.180. The first-order valence-electron chi connectivity index (χ1n) is 6.75. The van der Waals surface area contributed by atoms with Gasteiger partial charge in [-0.2, -0.15) is 0 Å². The van der Waals surface area contributed by atoms with Gasteiger partial charge >= 0.3 is 0 Å². The molecule has 2 aromatic carbocycles. The van der Waals surface area contributed by atoms with Crippen LogP contribution in [0.4, 0.5) is 0 Å². The summed E-state index contributed by atoms with van der Waals surface area (Å²) < 4.78 is 5.63. The van der Waals surface area contributed by atoms with E-state index in [4.69, 9.17) is 22.1 Å². The van der Waals surface area contributed by atoms with E-state index in [2.05, 4.69) is 6.07 Å². The molecule has 1 unspecified atom stereocenters. The molecule has 0 heterocycles. The Balaban J connectivity index is 2.22. The normalized spacial score (nSPS) is 12.5. The summed E-state index contributed by atoms with van der Waals surface area (Å²) in [6.07, 6.45) is 0.171. The lowest BCUT2D eigenvalue weighted by molar-refractivity contribution is 0.242. The van der Waals surface area contributed by atoms with E-state index < -0.39 is 0 Å². The number of benzene rings is 2. The molecule has 0 aliphatic heterocycles. The van der Waals surface area contributed by atoms with Gasteiger partial charge in [0.25, 0.3) is 0 Å². The van der Waals surface area contributed by atoms with Crippen LogP contribution in [0.15, 0.2) is 42.5 Å². The second kappa shape index (κ2) is 6.29. The van der Waals surface area contributed by atoms with Crippen LogP contribution >= 0.6 is 11.6 Å². The Morgan fingerprint density at radius 2 is 1.65 bits per heavy atom. The van der Waals surface area contributed by atoms with Gasteiger partial charge in [-0.25, -0.2) is 0 Å². The largest absolute Gasteiger partial charge is 0.491 e. The predicted molar refractivity (Wildman–Crippen MR) is 84.4 cm³/mol. The van der Waals surface area contributed by atoms with Crippen molar-refractivity contribution in [1.29, 1.82) is 0 Å². The third-order valence-electron chi connectivity index (χ3n) is 3.03. The molecule has 106 valence electrons. The third kappa shape index (κ3) is 3.75. The molecule has 0 aliphatic rings. The average Bonchev–Trinajstić information content (AvgIpc) is 2.37. The Morgan fingerprint density at radius 3 is 2.20 bits per heavy atom. The quantitative estimate of drug-likeness (QED) is 0.900. The van der Waals surface area contributed by atoms with Crippen molar-refractivity contribution in [2.24, 2.45) is 5.73 Å². The molecule has 2 aromatic rings. The van der Waals surface area contributed by atoms with E-state index in [9.17, 15) is 0 Å². The molecule has 0 aromatic heterocycles. The molecule has 0 aliphatic carbocycles. The van der Waals surface area contributed by atoms with Gasteiger partial charge in [0.2, 0.25) is 0 Å². The van der Waals surface area contributed by atoms with E-state index in [1.165, 1.54) is 0 Å². The van der Waals surface area contributed by atoms with Crippen molar-refractivity contribution in [1.82, 2.24) is 0 Å². The standard InChI is InChI=1S/C17H20ClNO/c1-11(2)20-16-6-4-13(5-7-16)17(19)14-8-12(3)9-15(18)10-14/h4-11,17H,19H2,1-3H3. The van der Waals surface area contributed by atoms with Gasteiger partial charge in [0.15, 0.2) is 0 Å². The van der Waals surface area contributed by atoms with Crippen molar-refractivity contribution in [3.8, 4) is 5.75 Å². The van der Waals surface area contributed by atoms with Crippen LogP contribution in [-0.4, -0.2) is 6.10 Å². The third-order valence-corrected chi connectivity index (χ3v) is 3.25. The summed E-state index contributed by atoms with van der Waals surface area (Å²) in [7, 11) is 0. The summed E-state index contributed by atoms with van der Waals surface area (Å²) in [4.78, 5) is 0. The van der Waals surface area contributed by atoms with E-state index in [1.807, 2.05) is 57.2 Å². The van der Waals surface area contributed by atoms with Gasteiger partial charge in [-0.3, -0.25) is 0 Å². The Hall–Kier alpha value is -1.51. The maximum absolute atomic E-state index is 6.31. The molecule has 0 saturated carbocycles. The highest BCUT2D eigenvalue weighted by molar-refractivity contribution is 6.30. The maximum atomic E-state index is 6.31. The number of ether oxygens (including phenoxy) is 1. The summed E-state index contributed by atoms with van der Waals surface area (Å²) in [5.41, 5.74) is 9.48. The minimum Gasteiger partial charge on any atom is -0.491 e. The summed E-state index contributed by atoms with van der Waals surface area (Å²) >= 11 is 6.09. The monoisotopic (exact) mass is 289 g/mol. The number of hydrogen-bond acceptors (Lipinski definition) is 2. The molecule has 0 bridgehead atoms. The van der Waals surface area contributed by atoms with Crippen molar-refractivity contribution < 1.29 is 4.74 Å². The number of halogens is 1. The summed E-state index contributed by atoms with van der Waals surface area (Å²) in [5.74, 6) is 0.859. The molecule has 0 saturated heterocycles. The molecule has 2 nitrogen and oxygen atoms in total. The van der Waals surface area contributed by atoms with Crippen molar-refractivity contribution in [3.05, 3.63) is 64.2 Å². The van der Waals surface area contributed by atoms with Crippen LogP contribution in [0.3, 0.4) is 0 Å². The topological polar surface area (TPSA) is 35.2 Å². The number of nitrogens with two attached hydrogens (primary N) is 1. The first-order chi connectivity index (χ1) is 9.45. The Bertz CT molecular complexity index is 558. The Morgan fingerprint density at radius 1 is 1.00 bits per heavy atom. The highest BCUT2D eigenvalue weighted by atomic mass is 35.5. The molecular formula is C17H20ClNO. The number of hydrogen-bond donors (Lipinski definition) is 1. The van der Waals surface area contributed by atoms with Gasteiger partial charge < -0.3 is 10.5 Å². The molecule has 2 N–H and O–H groups in total. The summed E-state index contributed by atoms with van der Waals surface area (Å²) in [6.45, 7) is 6.03. The van der Waals surface area contributed by atoms with E-state index in [-0.39, 0.29) is 12.1 Å². The fraction of sp³-hybridized carbons (Fsp3) is 0.294. The van der Waals surface area contributed by atoms with Crippen molar-refractivity contribution in [3.63, 3.8) is 0 Å². The first kappa shape index (κ1) is 14.9. The highest BCUT2D eigenvalue weighted by Crippen LogP contribution is 2.25. The Labute approximate surface area is 125 Å². The van der Waals surface area contributed by atoms with Gasteiger partial charge in [-0.1, -0.05) is 29.8 Å². The van der Waals surface area contributed by atoms with Gasteiger partial charge in [-0.15, -0.1) is 0 Å². The summed E-state index contributed by atoms with van der Waals surface area (Å²) in [6, 6.07) is 13.6. The van der Waals surface area contributed by atoms with Crippen LogP contribution < -0.4 is 10.5 Å². The molecular weight excluding hydrogens is 270 g/mol. The molecule has 0 spiro atoms. The van der Waals surface area contributed by atoms with Gasteiger partial charge in [-0.05, 0) is 61.7 Å². The first-order valence-corrected chi connectivity index (χ1v) is 7.13. The lowest BCUT2D eigenvalue weighted by Gasteiger charge is -2.15. The highest BCUT2D eigenvalue weighted by Gasteiger charge is 2.10. The van der Waals surface area contributed by atoms with Crippen LogP contribution in [0.1, 0.15) is 36.6 Å². The molecule has 2 rings (SSSR count). The van der Waals surface area contributed by atoms with Crippen LogP contribution in [0.2, 0.25) is 5.02 Å². The van der Waals surface area contributed by atoms with Gasteiger partial charge in [0.05, 0.1) is 12.1 Å². The summed E-state index contributed by atoms with van der Waals surface area (Å²) in [5, 5.41) is 0.718. The molecule has 1 atom stereocenters. The average molecular weight is 290 g/mol.